The second kappa shape index (κ2) is 7.78. The zero-order valence-electron chi connectivity index (χ0n) is 14.0. The first-order valence-corrected chi connectivity index (χ1v) is 10.3. The number of hydrogen-bond donors (Lipinski definition) is 1. The first-order chi connectivity index (χ1) is 12.0. The fraction of sp³-hybridized carbons (Fsp3) is 0.368. The Bertz CT molecular complexity index is 812. The van der Waals surface area contributed by atoms with Gasteiger partial charge in [0.1, 0.15) is 5.82 Å². The van der Waals surface area contributed by atoms with E-state index >= 15 is 0 Å². The van der Waals surface area contributed by atoms with Gasteiger partial charge in [-0.3, -0.25) is 4.79 Å². The van der Waals surface area contributed by atoms with Gasteiger partial charge in [-0.1, -0.05) is 43.2 Å². The van der Waals surface area contributed by atoms with Gasteiger partial charge in [0.15, 0.2) is 9.84 Å². The quantitative estimate of drug-likeness (QED) is 0.858. The molecule has 1 aromatic carbocycles. The third-order valence-electron chi connectivity index (χ3n) is 4.56. The second-order valence-electron chi connectivity index (χ2n) is 6.37. The number of anilines is 1. The molecule has 1 amide bonds. The van der Waals surface area contributed by atoms with Crippen LogP contribution in [-0.2, 0) is 14.6 Å². The van der Waals surface area contributed by atoms with Gasteiger partial charge in [0.25, 0.3) is 0 Å². The number of carbonyl (C=O) groups is 1. The molecule has 132 valence electrons. The van der Waals surface area contributed by atoms with Gasteiger partial charge in [-0.2, -0.15) is 0 Å². The summed E-state index contributed by atoms with van der Waals surface area (Å²) in [6.45, 7) is 0. The van der Waals surface area contributed by atoms with Crippen LogP contribution in [-0.4, -0.2) is 30.3 Å². The Kier molecular flexibility index (Phi) is 5.48. The highest BCUT2D eigenvalue weighted by atomic mass is 32.2. The summed E-state index contributed by atoms with van der Waals surface area (Å²) in [5.41, 5.74) is 2.01. The van der Waals surface area contributed by atoms with Crippen molar-refractivity contribution in [3.8, 4) is 11.1 Å². The maximum absolute atomic E-state index is 12.2. The fourth-order valence-electron chi connectivity index (χ4n) is 3.12. The van der Waals surface area contributed by atoms with Crippen molar-refractivity contribution in [2.24, 2.45) is 0 Å². The summed E-state index contributed by atoms with van der Waals surface area (Å²) in [5, 5.41) is 2.41. The zero-order valence-corrected chi connectivity index (χ0v) is 14.8. The normalized spacial score (nSPS) is 15.2. The van der Waals surface area contributed by atoms with E-state index in [1.165, 1.54) is 0 Å². The molecule has 1 saturated carbocycles. The summed E-state index contributed by atoms with van der Waals surface area (Å²) < 4.78 is 24.4. The van der Waals surface area contributed by atoms with E-state index in [2.05, 4.69) is 10.3 Å². The number of benzene rings is 1. The van der Waals surface area contributed by atoms with Gasteiger partial charge in [0.2, 0.25) is 5.91 Å². The molecule has 0 atom stereocenters. The van der Waals surface area contributed by atoms with E-state index < -0.39 is 9.84 Å². The summed E-state index contributed by atoms with van der Waals surface area (Å²) in [7, 11) is -3.17. The van der Waals surface area contributed by atoms with Gasteiger partial charge >= 0.3 is 0 Å². The molecule has 1 aliphatic rings. The molecular weight excluding hydrogens is 336 g/mol. The third-order valence-corrected chi connectivity index (χ3v) is 6.82. The summed E-state index contributed by atoms with van der Waals surface area (Å²) in [6, 6.07) is 13.4. The van der Waals surface area contributed by atoms with Gasteiger partial charge < -0.3 is 5.32 Å². The molecule has 1 fully saturated rings. The van der Waals surface area contributed by atoms with E-state index in [0.717, 1.165) is 36.8 Å². The number of amides is 1. The van der Waals surface area contributed by atoms with Crippen LogP contribution in [0.25, 0.3) is 11.1 Å². The molecule has 3 rings (SSSR count). The molecule has 1 aromatic heterocycles. The van der Waals surface area contributed by atoms with Crippen molar-refractivity contribution in [3.05, 3.63) is 48.7 Å². The number of nitrogens with zero attached hydrogens (tertiary/aromatic N) is 1. The van der Waals surface area contributed by atoms with E-state index in [4.69, 9.17) is 0 Å². The van der Waals surface area contributed by atoms with Crippen molar-refractivity contribution >= 4 is 21.6 Å². The molecule has 1 heterocycles. The summed E-state index contributed by atoms with van der Waals surface area (Å²) in [6.07, 6.45) is 5.06. The molecule has 0 saturated heterocycles. The molecular formula is C19H22N2O3S. The van der Waals surface area contributed by atoms with Crippen LogP contribution in [0.2, 0.25) is 0 Å². The SMILES string of the molecule is O=C(CCS(=O)(=O)C1CCCC1)Nc1ccc(-c2ccccc2)cn1. The van der Waals surface area contributed by atoms with Crippen LogP contribution >= 0.6 is 0 Å². The van der Waals surface area contributed by atoms with E-state index in [0.29, 0.717) is 5.82 Å². The van der Waals surface area contributed by atoms with E-state index in [-0.39, 0.29) is 23.3 Å². The van der Waals surface area contributed by atoms with Crippen LogP contribution < -0.4 is 5.32 Å². The molecule has 0 spiro atoms. The number of hydrogen-bond acceptors (Lipinski definition) is 4. The average molecular weight is 358 g/mol. The Labute approximate surface area is 148 Å². The number of nitrogens with one attached hydrogen (secondary N) is 1. The molecule has 25 heavy (non-hydrogen) atoms. The highest BCUT2D eigenvalue weighted by molar-refractivity contribution is 7.92. The van der Waals surface area contributed by atoms with E-state index in [1.54, 1.807) is 12.3 Å². The van der Waals surface area contributed by atoms with Gasteiger partial charge in [-0.25, -0.2) is 13.4 Å². The lowest BCUT2D eigenvalue weighted by Crippen LogP contribution is -2.24. The number of pyridine rings is 1. The van der Waals surface area contributed by atoms with Crippen LogP contribution in [0.5, 0.6) is 0 Å². The first kappa shape index (κ1) is 17.6. The first-order valence-electron chi connectivity index (χ1n) is 8.57. The molecule has 1 N–H and O–H groups in total. The highest BCUT2D eigenvalue weighted by Gasteiger charge is 2.28. The van der Waals surface area contributed by atoms with Crippen molar-refractivity contribution in [2.75, 3.05) is 11.1 Å². The minimum absolute atomic E-state index is 0.0268. The second-order valence-corrected chi connectivity index (χ2v) is 8.77. The Balaban J connectivity index is 1.54. The highest BCUT2D eigenvalue weighted by Crippen LogP contribution is 2.25. The summed E-state index contributed by atoms with van der Waals surface area (Å²) >= 11 is 0. The van der Waals surface area contributed by atoms with E-state index in [1.807, 2.05) is 36.4 Å². The van der Waals surface area contributed by atoms with Crippen molar-refractivity contribution in [2.45, 2.75) is 37.4 Å². The van der Waals surface area contributed by atoms with Crippen molar-refractivity contribution < 1.29 is 13.2 Å². The van der Waals surface area contributed by atoms with Crippen LogP contribution in [0, 0.1) is 0 Å². The summed E-state index contributed by atoms with van der Waals surface area (Å²) in [5.74, 6) is 0.0236. The largest absolute Gasteiger partial charge is 0.311 e. The van der Waals surface area contributed by atoms with Crippen LogP contribution in [0.1, 0.15) is 32.1 Å². The standard InChI is InChI=1S/C19H22N2O3S/c22-19(12-13-25(23,24)17-8-4-5-9-17)21-18-11-10-16(14-20-18)15-6-2-1-3-7-15/h1-3,6-7,10-11,14,17H,4-5,8-9,12-13H2,(H,20,21,22). The minimum Gasteiger partial charge on any atom is -0.311 e. The lowest BCUT2D eigenvalue weighted by Gasteiger charge is -2.11. The van der Waals surface area contributed by atoms with Crippen LogP contribution in [0.4, 0.5) is 5.82 Å². The van der Waals surface area contributed by atoms with E-state index in [9.17, 15) is 13.2 Å². The van der Waals surface area contributed by atoms with Gasteiger partial charge in [-0.15, -0.1) is 0 Å². The number of sulfone groups is 1. The predicted octanol–water partition coefficient (Wildman–Crippen LogP) is 3.43. The summed E-state index contributed by atoms with van der Waals surface area (Å²) in [4.78, 5) is 16.2. The topological polar surface area (TPSA) is 76.1 Å². The zero-order chi connectivity index (χ0) is 17.7. The molecule has 0 aliphatic heterocycles. The van der Waals surface area contributed by atoms with Gasteiger partial charge in [-0.05, 0) is 30.5 Å². The Hall–Kier alpha value is -2.21. The maximum Gasteiger partial charge on any atom is 0.226 e. The minimum atomic E-state index is -3.17. The molecule has 0 unspecified atom stereocenters. The number of aromatic nitrogens is 1. The lowest BCUT2D eigenvalue weighted by molar-refractivity contribution is -0.115. The van der Waals surface area contributed by atoms with Crippen molar-refractivity contribution in [1.29, 1.82) is 0 Å². The molecule has 0 radical (unpaired) electrons. The molecule has 5 nitrogen and oxygen atoms in total. The third kappa shape index (κ3) is 4.66. The molecule has 0 bridgehead atoms. The Morgan fingerprint density at radius 3 is 2.40 bits per heavy atom. The fourth-order valence-corrected chi connectivity index (χ4v) is 4.98. The van der Waals surface area contributed by atoms with Gasteiger partial charge in [0, 0.05) is 18.2 Å². The maximum atomic E-state index is 12.2. The average Bonchev–Trinajstić information content (AvgIpc) is 3.17. The number of carbonyl (C=O) groups excluding carboxylic acids is 1. The van der Waals surface area contributed by atoms with Crippen LogP contribution in [0.15, 0.2) is 48.7 Å². The van der Waals surface area contributed by atoms with Crippen LogP contribution in [0.3, 0.4) is 0 Å². The molecule has 6 heteroatoms. The lowest BCUT2D eigenvalue weighted by atomic mass is 10.1. The van der Waals surface area contributed by atoms with Gasteiger partial charge in [0.05, 0.1) is 11.0 Å². The molecule has 1 aliphatic carbocycles. The number of rotatable bonds is 6. The monoisotopic (exact) mass is 358 g/mol. The predicted molar refractivity (Wildman–Crippen MR) is 99.0 cm³/mol. The smallest absolute Gasteiger partial charge is 0.226 e. The Morgan fingerprint density at radius 1 is 1.04 bits per heavy atom. The van der Waals surface area contributed by atoms with Crippen molar-refractivity contribution in [3.63, 3.8) is 0 Å². The Morgan fingerprint density at radius 2 is 1.76 bits per heavy atom. The molecule has 2 aromatic rings. The van der Waals surface area contributed by atoms with Crippen molar-refractivity contribution in [1.82, 2.24) is 4.98 Å².